The Morgan fingerprint density at radius 1 is 1.04 bits per heavy atom. The van der Waals surface area contributed by atoms with Gasteiger partial charge in [0.1, 0.15) is 0 Å². The first-order chi connectivity index (χ1) is 12.5. The molecule has 0 saturated carbocycles. The molecule has 138 valence electrons. The van der Waals surface area contributed by atoms with Crippen LogP contribution in [0.1, 0.15) is 5.56 Å². The minimum Gasteiger partial charge on any atom is -0.373 e. The van der Waals surface area contributed by atoms with E-state index in [1.807, 2.05) is 18.2 Å². The molecule has 0 spiro atoms. The number of rotatable bonds is 4. The van der Waals surface area contributed by atoms with Crippen molar-refractivity contribution in [1.82, 2.24) is 4.90 Å². The molecule has 0 aromatic heterocycles. The van der Waals surface area contributed by atoms with Crippen molar-refractivity contribution in [2.24, 2.45) is 0 Å². The summed E-state index contributed by atoms with van der Waals surface area (Å²) in [5, 5.41) is 0. The quantitative estimate of drug-likeness (QED) is 0.823. The first kappa shape index (κ1) is 17.5. The SMILES string of the molecule is CS(=O)(=O)c1ccccc1N1CC2OCCN(Cc3ccccc3)C2C1. The first-order valence-electron chi connectivity index (χ1n) is 8.96. The molecule has 0 bridgehead atoms. The summed E-state index contributed by atoms with van der Waals surface area (Å²) in [5.74, 6) is 0. The van der Waals surface area contributed by atoms with Crippen LogP contribution in [0.4, 0.5) is 5.69 Å². The molecule has 2 aromatic carbocycles. The van der Waals surface area contributed by atoms with Crippen molar-refractivity contribution in [3.8, 4) is 0 Å². The van der Waals surface area contributed by atoms with Gasteiger partial charge in [0.2, 0.25) is 0 Å². The number of anilines is 1. The minimum atomic E-state index is -3.26. The van der Waals surface area contributed by atoms with E-state index in [4.69, 9.17) is 4.74 Å². The maximum absolute atomic E-state index is 12.2. The van der Waals surface area contributed by atoms with Crippen LogP contribution in [0.25, 0.3) is 0 Å². The molecule has 4 rings (SSSR count). The molecule has 0 aliphatic carbocycles. The molecule has 2 unspecified atom stereocenters. The van der Waals surface area contributed by atoms with E-state index in [2.05, 4.69) is 34.1 Å². The summed E-state index contributed by atoms with van der Waals surface area (Å²) in [4.78, 5) is 5.02. The summed E-state index contributed by atoms with van der Waals surface area (Å²) in [7, 11) is -3.26. The van der Waals surface area contributed by atoms with Gasteiger partial charge in [-0.05, 0) is 17.7 Å². The molecular weight excluding hydrogens is 348 g/mol. The normalized spacial score (nSPS) is 23.8. The summed E-state index contributed by atoms with van der Waals surface area (Å²) in [6, 6.07) is 18.0. The molecule has 0 amide bonds. The lowest BCUT2D eigenvalue weighted by atomic mass is 10.1. The molecule has 2 fully saturated rings. The van der Waals surface area contributed by atoms with Crippen molar-refractivity contribution in [2.45, 2.75) is 23.6 Å². The average molecular weight is 372 g/mol. The Hall–Kier alpha value is -1.89. The van der Waals surface area contributed by atoms with Crippen LogP contribution in [0.5, 0.6) is 0 Å². The molecule has 2 atom stereocenters. The van der Waals surface area contributed by atoms with Gasteiger partial charge in [-0.3, -0.25) is 4.90 Å². The van der Waals surface area contributed by atoms with Crippen LogP contribution in [0, 0.1) is 0 Å². The monoisotopic (exact) mass is 372 g/mol. The highest BCUT2D eigenvalue weighted by atomic mass is 32.2. The third-order valence-electron chi connectivity index (χ3n) is 5.25. The van der Waals surface area contributed by atoms with Gasteiger partial charge in [-0.2, -0.15) is 0 Å². The van der Waals surface area contributed by atoms with Gasteiger partial charge < -0.3 is 9.64 Å². The number of fused-ring (bicyclic) bond motifs is 1. The van der Waals surface area contributed by atoms with Crippen LogP contribution in [0.15, 0.2) is 59.5 Å². The number of hydrogen-bond acceptors (Lipinski definition) is 5. The second-order valence-electron chi connectivity index (χ2n) is 7.08. The lowest BCUT2D eigenvalue weighted by Gasteiger charge is -2.36. The van der Waals surface area contributed by atoms with Gasteiger partial charge in [-0.15, -0.1) is 0 Å². The fourth-order valence-electron chi connectivity index (χ4n) is 4.00. The van der Waals surface area contributed by atoms with Crippen molar-refractivity contribution in [3.05, 3.63) is 60.2 Å². The number of benzene rings is 2. The van der Waals surface area contributed by atoms with Crippen molar-refractivity contribution in [1.29, 1.82) is 0 Å². The Morgan fingerprint density at radius 2 is 1.77 bits per heavy atom. The number of morpholine rings is 1. The standard InChI is InChI=1S/C20H24N2O3S/c1-26(23,24)20-10-6-5-9-17(20)22-14-18-19(15-22)25-12-11-21(18)13-16-7-3-2-4-8-16/h2-10,18-19H,11-15H2,1H3. The Morgan fingerprint density at radius 3 is 2.54 bits per heavy atom. The van der Waals surface area contributed by atoms with Crippen molar-refractivity contribution in [3.63, 3.8) is 0 Å². The fraction of sp³-hybridized carbons (Fsp3) is 0.400. The van der Waals surface area contributed by atoms with Crippen LogP contribution in [-0.4, -0.2) is 58.0 Å². The van der Waals surface area contributed by atoms with E-state index in [1.54, 1.807) is 12.1 Å². The van der Waals surface area contributed by atoms with E-state index in [1.165, 1.54) is 11.8 Å². The molecule has 5 nitrogen and oxygen atoms in total. The lowest BCUT2D eigenvalue weighted by molar-refractivity contribution is -0.0499. The summed E-state index contributed by atoms with van der Waals surface area (Å²) < 4.78 is 30.3. The number of hydrogen-bond donors (Lipinski definition) is 0. The minimum absolute atomic E-state index is 0.111. The van der Waals surface area contributed by atoms with Crippen molar-refractivity contribution >= 4 is 15.5 Å². The zero-order valence-corrected chi connectivity index (χ0v) is 15.7. The van der Waals surface area contributed by atoms with Crippen LogP contribution >= 0.6 is 0 Å². The molecule has 2 heterocycles. The highest BCUT2D eigenvalue weighted by Gasteiger charge is 2.41. The molecule has 2 saturated heterocycles. The molecule has 2 aromatic rings. The van der Waals surface area contributed by atoms with Gasteiger partial charge in [0.05, 0.1) is 29.3 Å². The van der Waals surface area contributed by atoms with Crippen molar-refractivity contribution < 1.29 is 13.2 Å². The second kappa shape index (κ2) is 7.02. The van der Waals surface area contributed by atoms with Crippen LogP contribution in [0.2, 0.25) is 0 Å². The molecule has 0 radical (unpaired) electrons. The molecule has 2 aliphatic rings. The highest BCUT2D eigenvalue weighted by molar-refractivity contribution is 7.90. The van der Waals surface area contributed by atoms with E-state index in [9.17, 15) is 8.42 Å². The van der Waals surface area contributed by atoms with E-state index in [0.29, 0.717) is 4.90 Å². The molecule has 6 heteroatoms. The fourth-order valence-corrected chi connectivity index (χ4v) is 4.90. The summed E-state index contributed by atoms with van der Waals surface area (Å²) >= 11 is 0. The zero-order valence-electron chi connectivity index (χ0n) is 14.9. The maximum Gasteiger partial charge on any atom is 0.177 e. The predicted octanol–water partition coefficient (Wildman–Crippen LogP) is 2.18. The van der Waals surface area contributed by atoms with Gasteiger partial charge in [0.25, 0.3) is 0 Å². The third kappa shape index (κ3) is 3.49. The summed E-state index contributed by atoms with van der Waals surface area (Å²) in [6.07, 6.45) is 1.38. The highest BCUT2D eigenvalue weighted by Crippen LogP contribution is 2.32. The van der Waals surface area contributed by atoms with E-state index >= 15 is 0 Å². The van der Waals surface area contributed by atoms with Gasteiger partial charge in [0.15, 0.2) is 9.84 Å². The third-order valence-corrected chi connectivity index (χ3v) is 6.39. The van der Waals surface area contributed by atoms with Crippen LogP contribution in [-0.2, 0) is 21.1 Å². The second-order valence-corrected chi connectivity index (χ2v) is 9.06. The summed E-state index contributed by atoms with van der Waals surface area (Å²) in [6.45, 7) is 4.02. The first-order valence-corrected chi connectivity index (χ1v) is 10.8. The Bertz CT molecular complexity index is 870. The molecule has 0 N–H and O–H groups in total. The van der Waals surface area contributed by atoms with Crippen LogP contribution < -0.4 is 4.90 Å². The van der Waals surface area contributed by atoms with E-state index < -0.39 is 9.84 Å². The number of para-hydroxylation sites is 1. The van der Waals surface area contributed by atoms with Gasteiger partial charge in [-0.25, -0.2) is 8.42 Å². The Balaban J connectivity index is 1.57. The summed E-state index contributed by atoms with van der Waals surface area (Å²) in [5.41, 5.74) is 2.08. The van der Waals surface area contributed by atoms with Crippen molar-refractivity contribution in [2.75, 3.05) is 37.4 Å². The van der Waals surface area contributed by atoms with E-state index in [0.717, 1.165) is 38.5 Å². The van der Waals surface area contributed by atoms with Gasteiger partial charge in [0, 0.05) is 32.4 Å². The molecule has 26 heavy (non-hydrogen) atoms. The van der Waals surface area contributed by atoms with Gasteiger partial charge in [-0.1, -0.05) is 42.5 Å². The number of sulfone groups is 1. The lowest BCUT2D eigenvalue weighted by Crippen LogP contribution is -2.50. The van der Waals surface area contributed by atoms with Crippen LogP contribution in [0.3, 0.4) is 0 Å². The predicted molar refractivity (Wildman–Crippen MR) is 102 cm³/mol. The Kier molecular flexibility index (Phi) is 4.73. The zero-order chi connectivity index (χ0) is 18.1. The topological polar surface area (TPSA) is 49.9 Å². The number of nitrogens with zero attached hydrogens (tertiary/aromatic N) is 2. The largest absolute Gasteiger partial charge is 0.373 e. The smallest absolute Gasteiger partial charge is 0.177 e. The number of ether oxygens (including phenoxy) is 1. The van der Waals surface area contributed by atoms with Gasteiger partial charge >= 0.3 is 0 Å². The van der Waals surface area contributed by atoms with E-state index in [-0.39, 0.29) is 12.1 Å². The average Bonchev–Trinajstić information content (AvgIpc) is 3.07. The molecule has 2 aliphatic heterocycles. The maximum atomic E-state index is 12.2. The Labute approximate surface area is 155 Å². The molecular formula is C20H24N2O3S.